The molecule has 1 heterocycles. The Bertz CT molecular complexity index is 681. The zero-order chi connectivity index (χ0) is 15.6. The summed E-state index contributed by atoms with van der Waals surface area (Å²) in [6.45, 7) is 2.14. The van der Waals surface area contributed by atoms with E-state index in [-0.39, 0.29) is 11.4 Å². The molecular formula is C14H17NO5S. The third-order valence-electron chi connectivity index (χ3n) is 3.41. The average molecular weight is 311 g/mol. The number of aliphatic hydroxyl groups is 1. The summed E-state index contributed by atoms with van der Waals surface area (Å²) in [5.41, 5.74) is 1.33. The van der Waals surface area contributed by atoms with E-state index in [0.29, 0.717) is 24.1 Å². The standard InChI is InChI=1S/C14H17NO5S/c1-10-8-13(4-2-11(10)3-5-14(17)18)21(19,20)15-7-6-12(16)9-15/h2-5,8,12,16H,6-7,9H2,1H3,(H,17,18). The Morgan fingerprint density at radius 2 is 2.14 bits per heavy atom. The Hall–Kier alpha value is -1.70. The predicted molar refractivity (Wildman–Crippen MR) is 77.2 cm³/mol. The van der Waals surface area contributed by atoms with E-state index >= 15 is 0 Å². The second kappa shape index (κ2) is 5.97. The van der Waals surface area contributed by atoms with Crippen molar-refractivity contribution in [3.05, 3.63) is 35.4 Å². The van der Waals surface area contributed by atoms with Crippen molar-refractivity contribution < 1.29 is 23.4 Å². The maximum Gasteiger partial charge on any atom is 0.328 e. The fourth-order valence-electron chi connectivity index (χ4n) is 2.23. The molecule has 1 aromatic carbocycles. The van der Waals surface area contributed by atoms with E-state index in [0.717, 1.165) is 6.08 Å². The molecule has 0 spiro atoms. The Kier molecular flexibility index (Phi) is 4.46. The van der Waals surface area contributed by atoms with Crippen molar-refractivity contribution in [3.8, 4) is 0 Å². The molecule has 0 saturated carbocycles. The number of carbonyl (C=O) groups is 1. The molecule has 0 aromatic heterocycles. The molecule has 0 aliphatic carbocycles. The first-order valence-corrected chi connectivity index (χ1v) is 7.94. The molecule has 114 valence electrons. The molecule has 2 rings (SSSR count). The van der Waals surface area contributed by atoms with Gasteiger partial charge in [-0.15, -0.1) is 0 Å². The predicted octanol–water partition coefficient (Wildman–Crippen LogP) is 0.848. The SMILES string of the molecule is Cc1cc(S(=O)(=O)N2CCC(O)C2)ccc1C=CC(=O)O. The smallest absolute Gasteiger partial charge is 0.328 e. The van der Waals surface area contributed by atoms with Gasteiger partial charge >= 0.3 is 5.97 Å². The lowest BCUT2D eigenvalue weighted by atomic mass is 10.1. The van der Waals surface area contributed by atoms with Crippen LogP contribution in [0.1, 0.15) is 17.5 Å². The average Bonchev–Trinajstić information content (AvgIpc) is 2.84. The second-order valence-corrected chi connectivity index (χ2v) is 6.93. The van der Waals surface area contributed by atoms with Gasteiger partial charge in [-0.1, -0.05) is 6.07 Å². The highest BCUT2D eigenvalue weighted by atomic mass is 32.2. The highest BCUT2D eigenvalue weighted by Gasteiger charge is 2.31. The van der Waals surface area contributed by atoms with Crippen molar-refractivity contribution in [3.63, 3.8) is 0 Å². The molecular weight excluding hydrogens is 294 g/mol. The molecule has 1 fully saturated rings. The minimum atomic E-state index is -3.61. The van der Waals surface area contributed by atoms with Gasteiger partial charge in [0.25, 0.3) is 0 Å². The first-order valence-electron chi connectivity index (χ1n) is 6.50. The molecule has 0 bridgehead atoms. The largest absolute Gasteiger partial charge is 0.478 e. The Labute approximate surface area is 123 Å². The topological polar surface area (TPSA) is 94.9 Å². The molecule has 1 aliphatic heterocycles. The molecule has 2 N–H and O–H groups in total. The molecule has 1 atom stereocenters. The van der Waals surface area contributed by atoms with Crippen LogP contribution in [0.2, 0.25) is 0 Å². The Balaban J connectivity index is 2.29. The minimum absolute atomic E-state index is 0.113. The van der Waals surface area contributed by atoms with Crippen LogP contribution in [0.15, 0.2) is 29.2 Å². The van der Waals surface area contributed by atoms with Gasteiger partial charge in [-0.2, -0.15) is 4.31 Å². The van der Waals surface area contributed by atoms with Crippen molar-refractivity contribution in [1.82, 2.24) is 4.31 Å². The van der Waals surface area contributed by atoms with Gasteiger partial charge in [-0.25, -0.2) is 13.2 Å². The van der Waals surface area contributed by atoms with Crippen LogP contribution in [-0.2, 0) is 14.8 Å². The lowest BCUT2D eigenvalue weighted by Crippen LogP contribution is -2.29. The first kappa shape index (κ1) is 15.7. The summed E-state index contributed by atoms with van der Waals surface area (Å²) in [5, 5.41) is 18.1. The van der Waals surface area contributed by atoms with E-state index in [1.54, 1.807) is 13.0 Å². The van der Waals surface area contributed by atoms with Crippen molar-refractivity contribution >= 4 is 22.1 Å². The number of nitrogens with zero attached hydrogens (tertiary/aromatic N) is 1. The van der Waals surface area contributed by atoms with Gasteiger partial charge < -0.3 is 10.2 Å². The van der Waals surface area contributed by atoms with E-state index in [4.69, 9.17) is 5.11 Å². The maximum absolute atomic E-state index is 12.4. The van der Waals surface area contributed by atoms with Crippen LogP contribution in [0.4, 0.5) is 0 Å². The highest BCUT2D eigenvalue weighted by molar-refractivity contribution is 7.89. The van der Waals surface area contributed by atoms with Gasteiger partial charge in [-0.05, 0) is 42.7 Å². The Morgan fingerprint density at radius 3 is 2.67 bits per heavy atom. The molecule has 0 amide bonds. The molecule has 7 heteroatoms. The van der Waals surface area contributed by atoms with E-state index in [9.17, 15) is 18.3 Å². The van der Waals surface area contributed by atoms with Crippen LogP contribution in [0.3, 0.4) is 0 Å². The highest BCUT2D eigenvalue weighted by Crippen LogP contribution is 2.23. The number of sulfonamides is 1. The van der Waals surface area contributed by atoms with Gasteiger partial charge in [-0.3, -0.25) is 0 Å². The molecule has 1 saturated heterocycles. The summed E-state index contributed by atoms with van der Waals surface area (Å²) in [6, 6.07) is 4.55. The number of rotatable bonds is 4. The van der Waals surface area contributed by atoms with E-state index in [1.165, 1.54) is 22.5 Å². The number of carboxylic acid groups (broad SMARTS) is 1. The first-order chi connectivity index (χ1) is 9.80. The van der Waals surface area contributed by atoms with Crippen LogP contribution in [-0.4, -0.2) is 48.1 Å². The fraction of sp³-hybridized carbons (Fsp3) is 0.357. The fourth-order valence-corrected chi connectivity index (χ4v) is 3.81. The maximum atomic E-state index is 12.4. The lowest BCUT2D eigenvalue weighted by molar-refractivity contribution is -0.131. The summed E-state index contributed by atoms with van der Waals surface area (Å²) in [5.74, 6) is -1.06. The molecule has 1 aromatic rings. The summed E-state index contributed by atoms with van der Waals surface area (Å²) in [7, 11) is -3.61. The molecule has 1 aliphatic rings. The summed E-state index contributed by atoms with van der Waals surface area (Å²) in [6.07, 6.45) is 2.26. The number of hydrogen-bond donors (Lipinski definition) is 2. The van der Waals surface area contributed by atoms with Crippen LogP contribution in [0.5, 0.6) is 0 Å². The van der Waals surface area contributed by atoms with Gasteiger partial charge in [0.2, 0.25) is 10.0 Å². The van der Waals surface area contributed by atoms with Crippen molar-refractivity contribution in [2.45, 2.75) is 24.3 Å². The van der Waals surface area contributed by atoms with Gasteiger partial charge in [0.05, 0.1) is 11.0 Å². The van der Waals surface area contributed by atoms with E-state index in [2.05, 4.69) is 0 Å². The molecule has 6 nitrogen and oxygen atoms in total. The van der Waals surface area contributed by atoms with Crippen LogP contribution < -0.4 is 0 Å². The zero-order valence-electron chi connectivity index (χ0n) is 11.6. The normalized spacial score (nSPS) is 20.2. The number of hydrogen-bond acceptors (Lipinski definition) is 4. The number of β-amino-alcohol motifs (C(OH)–C–C–N with tert-alkyl or cyclic N) is 1. The van der Waals surface area contributed by atoms with E-state index < -0.39 is 22.1 Å². The van der Waals surface area contributed by atoms with Crippen molar-refractivity contribution in [2.24, 2.45) is 0 Å². The van der Waals surface area contributed by atoms with Crippen LogP contribution in [0.25, 0.3) is 6.08 Å². The van der Waals surface area contributed by atoms with Crippen molar-refractivity contribution in [2.75, 3.05) is 13.1 Å². The second-order valence-electron chi connectivity index (χ2n) is 5.00. The molecule has 0 radical (unpaired) electrons. The number of aliphatic carboxylic acids is 1. The number of benzene rings is 1. The van der Waals surface area contributed by atoms with Crippen LogP contribution in [0, 0.1) is 6.92 Å². The van der Waals surface area contributed by atoms with Gasteiger partial charge in [0.15, 0.2) is 0 Å². The lowest BCUT2D eigenvalue weighted by Gasteiger charge is -2.16. The Morgan fingerprint density at radius 1 is 1.43 bits per heavy atom. The molecule has 21 heavy (non-hydrogen) atoms. The van der Waals surface area contributed by atoms with Gasteiger partial charge in [0, 0.05) is 19.2 Å². The van der Waals surface area contributed by atoms with Crippen molar-refractivity contribution in [1.29, 1.82) is 0 Å². The number of aryl methyl sites for hydroxylation is 1. The monoisotopic (exact) mass is 311 g/mol. The summed E-state index contributed by atoms with van der Waals surface area (Å²) < 4.78 is 26.1. The third kappa shape index (κ3) is 3.49. The summed E-state index contributed by atoms with van der Waals surface area (Å²) >= 11 is 0. The van der Waals surface area contributed by atoms with Gasteiger partial charge in [0.1, 0.15) is 0 Å². The minimum Gasteiger partial charge on any atom is -0.478 e. The third-order valence-corrected chi connectivity index (χ3v) is 5.27. The number of aliphatic hydroxyl groups excluding tert-OH is 1. The zero-order valence-corrected chi connectivity index (χ0v) is 12.4. The number of carboxylic acids is 1. The van der Waals surface area contributed by atoms with Crippen LogP contribution >= 0.6 is 0 Å². The van der Waals surface area contributed by atoms with E-state index in [1.807, 2.05) is 0 Å². The summed E-state index contributed by atoms with van der Waals surface area (Å²) in [4.78, 5) is 10.7. The quantitative estimate of drug-likeness (QED) is 0.804. The molecule has 1 unspecified atom stereocenters.